The van der Waals surface area contributed by atoms with E-state index in [2.05, 4.69) is 5.32 Å². The zero-order valence-corrected chi connectivity index (χ0v) is 8.71. The minimum atomic E-state index is -0.250. The zero-order chi connectivity index (χ0) is 11.6. The van der Waals surface area contributed by atoms with E-state index >= 15 is 0 Å². The first-order valence-corrected chi connectivity index (χ1v) is 4.82. The van der Waals surface area contributed by atoms with E-state index in [1.807, 2.05) is 60.7 Å². The Bertz CT molecular complexity index is 363. The van der Waals surface area contributed by atoms with Crippen molar-refractivity contribution in [3.8, 4) is 0 Å². The van der Waals surface area contributed by atoms with Crippen LogP contribution in [0.4, 0.5) is 11.4 Å². The van der Waals surface area contributed by atoms with Crippen LogP contribution in [0.1, 0.15) is 0 Å². The molecule has 0 aliphatic rings. The molecule has 2 N–H and O–H groups in total. The minimum absolute atomic E-state index is 0.250. The van der Waals surface area contributed by atoms with Crippen LogP contribution in [0.2, 0.25) is 0 Å². The van der Waals surface area contributed by atoms with Crippen molar-refractivity contribution >= 4 is 17.8 Å². The van der Waals surface area contributed by atoms with Crippen LogP contribution in [-0.4, -0.2) is 11.6 Å². The van der Waals surface area contributed by atoms with Gasteiger partial charge in [0.15, 0.2) is 0 Å². The molecule has 0 amide bonds. The lowest BCUT2D eigenvalue weighted by atomic mass is 10.3. The summed E-state index contributed by atoms with van der Waals surface area (Å²) in [5.41, 5.74) is 2.24. The quantitative estimate of drug-likeness (QED) is 0.756. The van der Waals surface area contributed by atoms with Gasteiger partial charge in [0.05, 0.1) is 0 Å². The summed E-state index contributed by atoms with van der Waals surface area (Å²) in [6.07, 6.45) is 0. The van der Waals surface area contributed by atoms with Crippen molar-refractivity contribution in [2.75, 3.05) is 5.32 Å². The molecule has 0 heterocycles. The third kappa shape index (κ3) is 4.28. The second-order valence-corrected chi connectivity index (χ2v) is 2.96. The van der Waals surface area contributed by atoms with Crippen molar-refractivity contribution in [3.63, 3.8) is 0 Å². The maximum Gasteiger partial charge on any atom is 0.290 e. The number of rotatable bonds is 2. The molecule has 0 saturated carbocycles. The van der Waals surface area contributed by atoms with Gasteiger partial charge in [0, 0.05) is 11.4 Å². The zero-order valence-electron chi connectivity index (χ0n) is 8.71. The first-order valence-electron chi connectivity index (χ1n) is 4.82. The number of nitrogens with one attached hydrogen (secondary N) is 1. The fraction of sp³-hybridized carbons (Fsp3) is 0. The molecule has 0 aliphatic carbocycles. The largest absolute Gasteiger partial charge is 0.483 e. The van der Waals surface area contributed by atoms with Crippen LogP contribution in [0.5, 0.6) is 0 Å². The summed E-state index contributed by atoms with van der Waals surface area (Å²) in [6, 6.07) is 20.3. The molecule has 0 bridgehead atoms. The Labute approximate surface area is 94.4 Å². The second kappa shape index (κ2) is 7.06. The van der Waals surface area contributed by atoms with Crippen LogP contribution in [-0.2, 0) is 4.79 Å². The van der Waals surface area contributed by atoms with E-state index in [9.17, 15) is 0 Å². The Morgan fingerprint density at radius 3 is 1.44 bits per heavy atom. The van der Waals surface area contributed by atoms with Gasteiger partial charge in [-0.1, -0.05) is 36.4 Å². The molecule has 16 heavy (non-hydrogen) atoms. The lowest BCUT2D eigenvalue weighted by Gasteiger charge is -2.04. The molecule has 82 valence electrons. The summed E-state index contributed by atoms with van der Waals surface area (Å²) in [4.78, 5) is 8.36. The van der Waals surface area contributed by atoms with Crippen LogP contribution >= 0.6 is 0 Å². The van der Waals surface area contributed by atoms with Gasteiger partial charge in [-0.3, -0.25) is 4.79 Å². The molecule has 0 saturated heterocycles. The number of carbonyl (C=O) groups is 1. The van der Waals surface area contributed by atoms with Gasteiger partial charge in [-0.15, -0.1) is 0 Å². The molecule has 2 rings (SSSR count). The number of carboxylic acid groups (broad SMARTS) is 1. The van der Waals surface area contributed by atoms with Gasteiger partial charge in [-0.25, -0.2) is 0 Å². The van der Waals surface area contributed by atoms with E-state index in [1.165, 1.54) is 0 Å². The van der Waals surface area contributed by atoms with Gasteiger partial charge < -0.3 is 10.4 Å². The van der Waals surface area contributed by atoms with Crippen LogP contribution in [0.25, 0.3) is 0 Å². The third-order valence-electron chi connectivity index (χ3n) is 1.84. The maximum absolute atomic E-state index is 8.36. The van der Waals surface area contributed by atoms with Gasteiger partial charge in [-0.05, 0) is 24.3 Å². The average Bonchev–Trinajstić information content (AvgIpc) is 2.33. The summed E-state index contributed by atoms with van der Waals surface area (Å²) in [6.45, 7) is -0.250. The van der Waals surface area contributed by atoms with Gasteiger partial charge in [-0.2, -0.15) is 0 Å². The number of hydrogen-bond donors (Lipinski definition) is 2. The molecule has 3 heteroatoms. The van der Waals surface area contributed by atoms with Crippen LogP contribution < -0.4 is 5.32 Å². The molecule has 0 aliphatic heterocycles. The molecule has 2 aromatic rings. The lowest BCUT2D eigenvalue weighted by molar-refractivity contribution is -0.122. The van der Waals surface area contributed by atoms with Crippen molar-refractivity contribution in [1.29, 1.82) is 0 Å². The Morgan fingerprint density at radius 2 is 1.12 bits per heavy atom. The molecule has 0 spiro atoms. The predicted molar refractivity (Wildman–Crippen MR) is 64.9 cm³/mol. The second-order valence-electron chi connectivity index (χ2n) is 2.96. The van der Waals surface area contributed by atoms with Crippen molar-refractivity contribution < 1.29 is 9.90 Å². The summed E-state index contributed by atoms with van der Waals surface area (Å²) in [5, 5.41) is 10.2. The van der Waals surface area contributed by atoms with E-state index in [-0.39, 0.29) is 6.47 Å². The minimum Gasteiger partial charge on any atom is -0.483 e. The fourth-order valence-electron chi connectivity index (χ4n) is 1.21. The summed E-state index contributed by atoms with van der Waals surface area (Å²) >= 11 is 0. The Balaban J connectivity index is 0.000000386. The van der Waals surface area contributed by atoms with E-state index < -0.39 is 0 Å². The third-order valence-corrected chi connectivity index (χ3v) is 1.84. The Kier molecular flexibility index (Phi) is 5.20. The first kappa shape index (κ1) is 11.8. The molecule has 3 nitrogen and oxygen atoms in total. The first-order chi connectivity index (χ1) is 7.86. The molecular weight excluding hydrogens is 202 g/mol. The highest BCUT2D eigenvalue weighted by molar-refractivity contribution is 5.58. The lowest BCUT2D eigenvalue weighted by Crippen LogP contribution is -1.87. The Hall–Kier alpha value is -2.29. The Morgan fingerprint density at radius 1 is 0.812 bits per heavy atom. The van der Waals surface area contributed by atoms with Gasteiger partial charge >= 0.3 is 0 Å². The molecule has 0 atom stereocenters. The van der Waals surface area contributed by atoms with E-state index in [4.69, 9.17) is 9.90 Å². The molecule has 0 fully saturated rings. The number of hydrogen-bond acceptors (Lipinski definition) is 2. The number of benzene rings is 2. The smallest absolute Gasteiger partial charge is 0.290 e. The standard InChI is InChI=1S/C12H11N.CH2O2/c1-3-7-11(8-4-1)13-12-9-5-2-6-10-12;2-1-3/h1-10,13H;1H,(H,2,3). The van der Waals surface area contributed by atoms with E-state index in [1.54, 1.807) is 0 Å². The fourth-order valence-corrected chi connectivity index (χ4v) is 1.21. The van der Waals surface area contributed by atoms with E-state index in [0.717, 1.165) is 11.4 Å². The highest BCUT2D eigenvalue weighted by atomic mass is 16.3. The molecule has 0 aromatic heterocycles. The highest BCUT2D eigenvalue weighted by Crippen LogP contribution is 2.14. The topological polar surface area (TPSA) is 49.3 Å². The maximum atomic E-state index is 8.36. The number of para-hydroxylation sites is 2. The normalized spacial score (nSPS) is 8.50. The van der Waals surface area contributed by atoms with Crippen molar-refractivity contribution in [2.24, 2.45) is 0 Å². The van der Waals surface area contributed by atoms with Crippen LogP contribution in [0, 0.1) is 0 Å². The molecule has 2 aromatic carbocycles. The summed E-state index contributed by atoms with van der Waals surface area (Å²) in [7, 11) is 0. The van der Waals surface area contributed by atoms with Crippen LogP contribution in [0.15, 0.2) is 60.7 Å². The van der Waals surface area contributed by atoms with Crippen molar-refractivity contribution in [2.45, 2.75) is 0 Å². The molecule has 0 radical (unpaired) electrons. The average molecular weight is 215 g/mol. The number of anilines is 2. The monoisotopic (exact) mass is 215 g/mol. The molecular formula is C13H13NO2. The van der Waals surface area contributed by atoms with Crippen LogP contribution in [0.3, 0.4) is 0 Å². The van der Waals surface area contributed by atoms with Gasteiger partial charge in [0.2, 0.25) is 0 Å². The van der Waals surface area contributed by atoms with Gasteiger partial charge in [0.1, 0.15) is 0 Å². The predicted octanol–water partition coefficient (Wildman–Crippen LogP) is 3.13. The van der Waals surface area contributed by atoms with Gasteiger partial charge in [0.25, 0.3) is 6.47 Å². The summed E-state index contributed by atoms with van der Waals surface area (Å²) in [5.74, 6) is 0. The molecule has 0 unspecified atom stereocenters. The van der Waals surface area contributed by atoms with Crippen molar-refractivity contribution in [3.05, 3.63) is 60.7 Å². The van der Waals surface area contributed by atoms with Crippen molar-refractivity contribution in [1.82, 2.24) is 0 Å². The van der Waals surface area contributed by atoms with E-state index in [0.29, 0.717) is 0 Å². The highest BCUT2D eigenvalue weighted by Gasteiger charge is 1.89. The SMILES string of the molecule is O=CO.c1ccc(Nc2ccccc2)cc1. The summed E-state index contributed by atoms with van der Waals surface area (Å²) < 4.78 is 0.